The van der Waals surface area contributed by atoms with Crippen molar-refractivity contribution < 1.29 is 14.6 Å². The molecule has 82 valence electrons. The molecule has 1 atom stereocenters. The van der Waals surface area contributed by atoms with Crippen LogP contribution >= 0.6 is 0 Å². The SMILES string of the molecule is COC(=O)CC(O)CNc1ccccc1. The van der Waals surface area contributed by atoms with Gasteiger partial charge in [0, 0.05) is 12.2 Å². The zero-order valence-corrected chi connectivity index (χ0v) is 8.64. The van der Waals surface area contributed by atoms with E-state index in [4.69, 9.17) is 0 Å². The van der Waals surface area contributed by atoms with E-state index in [9.17, 15) is 9.90 Å². The Balaban J connectivity index is 2.28. The molecule has 1 unspecified atom stereocenters. The van der Waals surface area contributed by atoms with E-state index in [0.29, 0.717) is 6.54 Å². The van der Waals surface area contributed by atoms with Gasteiger partial charge >= 0.3 is 5.97 Å². The molecule has 0 aliphatic carbocycles. The Kier molecular flexibility index (Phi) is 4.63. The summed E-state index contributed by atoms with van der Waals surface area (Å²) >= 11 is 0. The van der Waals surface area contributed by atoms with Crippen LogP contribution < -0.4 is 5.32 Å². The van der Waals surface area contributed by atoms with E-state index in [0.717, 1.165) is 5.69 Å². The Morgan fingerprint density at radius 1 is 1.47 bits per heavy atom. The van der Waals surface area contributed by atoms with Crippen LogP contribution in [0, 0.1) is 0 Å². The molecule has 1 aromatic carbocycles. The number of nitrogens with one attached hydrogen (secondary N) is 1. The molecule has 0 aliphatic heterocycles. The smallest absolute Gasteiger partial charge is 0.308 e. The van der Waals surface area contributed by atoms with Crippen LogP contribution in [0.15, 0.2) is 30.3 Å². The first-order valence-corrected chi connectivity index (χ1v) is 4.76. The molecule has 0 bridgehead atoms. The quantitative estimate of drug-likeness (QED) is 0.711. The minimum absolute atomic E-state index is 0.0103. The number of anilines is 1. The van der Waals surface area contributed by atoms with Gasteiger partial charge in [0.2, 0.25) is 0 Å². The lowest BCUT2D eigenvalue weighted by molar-refractivity contribution is -0.142. The van der Waals surface area contributed by atoms with Crippen LogP contribution in [0.5, 0.6) is 0 Å². The van der Waals surface area contributed by atoms with Gasteiger partial charge < -0.3 is 15.2 Å². The zero-order valence-electron chi connectivity index (χ0n) is 8.64. The van der Waals surface area contributed by atoms with E-state index in [1.165, 1.54) is 7.11 Å². The van der Waals surface area contributed by atoms with Crippen LogP contribution in [0.3, 0.4) is 0 Å². The van der Waals surface area contributed by atoms with Crippen molar-refractivity contribution in [2.75, 3.05) is 19.0 Å². The Hall–Kier alpha value is -1.55. The van der Waals surface area contributed by atoms with Crippen LogP contribution in [-0.2, 0) is 9.53 Å². The lowest BCUT2D eigenvalue weighted by atomic mass is 10.2. The maximum atomic E-state index is 10.8. The standard InChI is InChI=1S/C11H15NO3/c1-15-11(14)7-10(13)8-12-9-5-3-2-4-6-9/h2-6,10,12-13H,7-8H2,1H3. The molecule has 15 heavy (non-hydrogen) atoms. The number of hydrogen-bond donors (Lipinski definition) is 2. The summed E-state index contributed by atoms with van der Waals surface area (Å²) in [5.41, 5.74) is 0.918. The van der Waals surface area contributed by atoms with E-state index in [1.54, 1.807) is 0 Å². The van der Waals surface area contributed by atoms with Crippen molar-refractivity contribution in [2.24, 2.45) is 0 Å². The number of hydrogen-bond acceptors (Lipinski definition) is 4. The fraction of sp³-hybridized carbons (Fsp3) is 0.364. The van der Waals surface area contributed by atoms with E-state index in [-0.39, 0.29) is 6.42 Å². The molecule has 0 aromatic heterocycles. The Morgan fingerprint density at radius 2 is 2.13 bits per heavy atom. The number of para-hydroxylation sites is 1. The average molecular weight is 209 g/mol. The van der Waals surface area contributed by atoms with Crippen molar-refractivity contribution in [1.82, 2.24) is 0 Å². The molecular formula is C11H15NO3. The van der Waals surface area contributed by atoms with Crippen LogP contribution in [0.25, 0.3) is 0 Å². The van der Waals surface area contributed by atoms with Gasteiger partial charge in [-0.3, -0.25) is 4.79 Å². The summed E-state index contributed by atoms with van der Waals surface area (Å²) in [6, 6.07) is 9.50. The number of rotatable bonds is 5. The third kappa shape index (κ3) is 4.46. The van der Waals surface area contributed by atoms with Gasteiger partial charge in [-0.25, -0.2) is 0 Å². The highest BCUT2D eigenvalue weighted by atomic mass is 16.5. The molecule has 4 nitrogen and oxygen atoms in total. The fourth-order valence-corrected chi connectivity index (χ4v) is 1.14. The van der Waals surface area contributed by atoms with E-state index < -0.39 is 12.1 Å². The van der Waals surface area contributed by atoms with Crippen molar-refractivity contribution in [1.29, 1.82) is 0 Å². The maximum Gasteiger partial charge on any atom is 0.308 e. The largest absolute Gasteiger partial charge is 0.469 e. The highest BCUT2D eigenvalue weighted by Gasteiger charge is 2.10. The third-order valence-electron chi connectivity index (χ3n) is 1.95. The maximum absolute atomic E-state index is 10.8. The Morgan fingerprint density at radius 3 is 2.73 bits per heavy atom. The molecule has 0 amide bonds. The average Bonchev–Trinajstić information content (AvgIpc) is 2.27. The number of methoxy groups -OCH3 is 1. The van der Waals surface area contributed by atoms with Crippen LogP contribution in [-0.4, -0.2) is 30.8 Å². The second-order valence-corrected chi connectivity index (χ2v) is 3.18. The lowest BCUT2D eigenvalue weighted by Crippen LogP contribution is -2.23. The van der Waals surface area contributed by atoms with Gasteiger partial charge in [-0.2, -0.15) is 0 Å². The molecule has 2 N–H and O–H groups in total. The van der Waals surface area contributed by atoms with Gasteiger partial charge in [-0.1, -0.05) is 18.2 Å². The molecule has 4 heteroatoms. The molecular weight excluding hydrogens is 194 g/mol. The van der Waals surface area contributed by atoms with E-state index in [1.807, 2.05) is 30.3 Å². The van der Waals surface area contributed by atoms with Gasteiger partial charge in [0.1, 0.15) is 0 Å². The van der Waals surface area contributed by atoms with Gasteiger partial charge in [-0.15, -0.1) is 0 Å². The number of esters is 1. The van der Waals surface area contributed by atoms with Crippen LogP contribution in [0.1, 0.15) is 6.42 Å². The molecule has 1 rings (SSSR count). The predicted octanol–water partition coefficient (Wildman–Crippen LogP) is 1.02. The van der Waals surface area contributed by atoms with Gasteiger partial charge in [0.15, 0.2) is 0 Å². The van der Waals surface area contributed by atoms with Crippen molar-refractivity contribution in [2.45, 2.75) is 12.5 Å². The minimum atomic E-state index is -0.724. The van der Waals surface area contributed by atoms with Crippen molar-refractivity contribution in [3.05, 3.63) is 30.3 Å². The molecule has 0 fully saturated rings. The van der Waals surface area contributed by atoms with Gasteiger partial charge in [0.25, 0.3) is 0 Å². The topological polar surface area (TPSA) is 58.6 Å². The number of carbonyl (C=O) groups excluding carboxylic acids is 1. The van der Waals surface area contributed by atoms with Gasteiger partial charge in [0.05, 0.1) is 19.6 Å². The number of aliphatic hydroxyl groups is 1. The third-order valence-corrected chi connectivity index (χ3v) is 1.95. The summed E-state index contributed by atoms with van der Waals surface area (Å²) in [6.45, 7) is 0.332. The number of aliphatic hydroxyl groups excluding tert-OH is 1. The monoisotopic (exact) mass is 209 g/mol. The molecule has 0 radical (unpaired) electrons. The minimum Gasteiger partial charge on any atom is -0.469 e. The summed E-state index contributed by atoms with van der Waals surface area (Å²) in [6.07, 6.45) is -0.714. The molecule has 0 saturated heterocycles. The summed E-state index contributed by atoms with van der Waals surface area (Å²) in [5.74, 6) is -0.405. The van der Waals surface area contributed by atoms with E-state index >= 15 is 0 Å². The summed E-state index contributed by atoms with van der Waals surface area (Å²) < 4.78 is 4.45. The highest BCUT2D eigenvalue weighted by Crippen LogP contribution is 2.05. The number of carbonyl (C=O) groups is 1. The van der Waals surface area contributed by atoms with Crippen LogP contribution in [0.2, 0.25) is 0 Å². The van der Waals surface area contributed by atoms with Crippen molar-refractivity contribution >= 4 is 11.7 Å². The summed E-state index contributed by atoms with van der Waals surface area (Å²) in [7, 11) is 1.31. The molecule has 0 saturated carbocycles. The number of ether oxygens (including phenoxy) is 1. The highest BCUT2D eigenvalue weighted by molar-refractivity contribution is 5.69. The second-order valence-electron chi connectivity index (χ2n) is 3.18. The van der Waals surface area contributed by atoms with Crippen LogP contribution in [0.4, 0.5) is 5.69 Å². The first-order valence-electron chi connectivity index (χ1n) is 4.76. The molecule has 0 spiro atoms. The Labute approximate surface area is 88.9 Å². The summed E-state index contributed by atoms with van der Waals surface area (Å²) in [5, 5.41) is 12.5. The first kappa shape index (κ1) is 11.5. The first-order chi connectivity index (χ1) is 7.22. The van der Waals surface area contributed by atoms with Gasteiger partial charge in [-0.05, 0) is 12.1 Å². The second kappa shape index (κ2) is 6.03. The number of benzene rings is 1. The summed E-state index contributed by atoms with van der Waals surface area (Å²) in [4.78, 5) is 10.8. The lowest BCUT2D eigenvalue weighted by Gasteiger charge is -2.11. The molecule has 0 aliphatic rings. The van der Waals surface area contributed by atoms with Crippen molar-refractivity contribution in [3.8, 4) is 0 Å². The van der Waals surface area contributed by atoms with Crippen molar-refractivity contribution in [3.63, 3.8) is 0 Å². The Bertz CT molecular complexity index is 300. The fourth-order valence-electron chi connectivity index (χ4n) is 1.14. The predicted molar refractivity (Wildman–Crippen MR) is 57.6 cm³/mol. The zero-order chi connectivity index (χ0) is 11.1. The molecule has 0 heterocycles. The normalized spacial score (nSPS) is 11.9. The molecule has 1 aromatic rings. The van der Waals surface area contributed by atoms with E-state index in [2.05, 4.69) is 10.1 Å².